The van der Waals surface area contributed by atoms with Gasteiger partial charge < -0.3 is 10.3 Å². The zero-order chi connectivity index (χ0) is 13.2. The van der Waals surface area contributed by atoms with E-state index in [0.717, 1.165) is 10.9 Å². The molecule has 0 fully saturated rings. The molecule has 1 aromatic heterocycles. The average molecular weight is 247 g/mol. The molecule has 3 rings (SSSR count). The molecule has 0 bridgehead atoms. The number of aromatic nitrogens is 1. The van der Waals surface area contributed by atoms with Crippen molar-refractivity contribution < 1.29 is 0 Å². The second-order valence-corrected chi connectivity index (χ2v) is 4.46. The molecule has 0 atom stereocenters. The van der Waals surface area contributed by atoms with Crippen molar-refractivity contribution in [3.63, 3.8) is 0 Å². The van der Waals surface area contributed by atoms with Gasteiger partial charge in [0.15, 0.2) is 0 Å². The highest BCUT2D eigenvalue weighted by molar-refractivity contribution is 5.92. The molecule has 0 spiro atoms. The number of hydrogen-bond acceptors (Lipinski definition) is 2. The molecule has 3 heteroatoms. The van der Waals surface area contributed by atoms with Gasteiger partial charge in [-0.15, -0.1) is 0 Å². The van der Waals surface area contributed by atoms with Gasteiger partial charge in [0.05, 0.1) is 5.52 Å². The van der Waals surface area contributed by atoms with E-state index in [-0.39, 0.29) is 0 Å². The number of anilines is 1. The normalized spacial score (nSPS) is 10.5. The van der Waals surface area contributed by atoms with Gasteiger partial charge in [0.1, 0.15) is 17.5 Å². The Morgan fingerprint density at radius 2 is 1.68 bits per heavy atom. The summed E-state index contributed by atoms with van der Waals surface area (Å²) in [4.78, 5) is 0. The first-order valence-electron chi connectivity index (χ1n) is 6.12. The first kappa shape index (κ1) is 11.4. The second-order valence-electron chi connectivity index (χ2n) is 4.46. The molecule has 19 heavy (non-hydrogen) atoms. The highest BCUT2D eigenvalue weighted by Gasteiger charge is 2.13. The van der Waals surface area contributed by atoms with Crippen LogP contribution in [0.1, 0.15) is 11.1 Å². The van der Waals surface area contributed by atoms with Gasteiger partial charge in [-0.2, -0.15) is 5.26 Å². The maximum Gasteiger partial charge on any atom is 0.122 e. The minimum atomic E-state index is 0.535. The lowest BCUT2D eigenvalue weighted by Crippen LogP contribution is -2.04. The van der Waals surface area contributed by atoms with Crippen molar-refractivity contribution in [2.75, 3.05) is 5.73 Å². The molecular formula is C16H13N3. The quantitative estimate of drug-likeness (QED) is 0.756. The lowest BCUT2D eigenvalue weighted by molar-refractivity contribution is 0.847. The smallest absolute Gasteiger partial charge is 0.122 e. The molecule has 1 heterocycles. The van der Waals surface area contributed by atoms with Gasteiger partial charge in [-0.25, -0.2) is 0 Å². The lowest BCUT2D eigenvalue weighted by atomic mass is 10.2. The van der Waals surface area contributed by atoms with Gasteiger partial charge in [-0.05, 0) is 11.6 Å². The summed E-state index contributed by atoms with van der Waals surface area (Å²) in [5, 5.41) is 10.2. The monoisotopic (exact) mass is 247 g/mol. The molecule has 0 aliphatic carbocycles. The van der Waals surface area contributed by atoms with E-state index in [1.54, 1.807) is 0 Å². The number of fused-ring (bicyclic) bond motifs is 1. The summed E-state index contributed by atoms with van der Waals surface area (Å²) in [6.07, 6.45) is 0. The summed E-state index contributed by atoms with van der Waals surface area (Å²) in [6, 6.07) is 20.1. The Morgan fingerprint density at radius 1 is 1.00 bits per heavy atom. The van der Waals surface area contributed by atoms with E-state index in [2.05, 4.69) is 18.2 Å². The number of benzene rings is 2. The predicted octanol–water partition coefficient (Wildman–Crippen LogP) is 3.14. The molecule has 0 amide bonds. The molecule has 2 N–H and O–H groups in total. The van der Waals surface area contributed by atoms with E-state index in [4.69, 9.17) is 5.73 Å². The van der Waals surface area contributed by atoms with Crippen LogP contribution in [-0.2, 0) is 6.54 Å². The van der Waals surface area contributed by atoms with Crippen molar-refractivity contribution in [3.8, 4) is 6.07 Å². The van der Waals surface area contributed by atoms with Crippen molar-refractivity contribution in [2.24, 2.45) is 0 Å². The third-order valence-electron chi connectivity index (χ3n) is 3.31. The largest absolute Gasteiger partial charge is 0.384 e. The van der Waals surface area contributed by atoms with Gasteiger partial charge in [0.25, 0.3) is 0 Å². The van der Waals surface area contributed by atoms with Crippen molar-refractivity contribution in [1.29, 1.82) is 5.26 Å². The zero-order valence-electron chi connectivity index (χ0n) is 10.4. The molecule has 2 aromatic carbocycles. The van der Waals surface area contributed by atoms with E-state index in [0.29, 0.717) is 17.9 Å². The van der Waals surface area contributed by atoms with Crippen molar-refractivity contribution in [1.82, 2.24) is 4.57 Å². The summed E-state index contributed by atoms with van der Waals surface area (Å²) in [5.74, 6) is 0.535. The summed E-state index contributed by atoms with van der Waals surface area (Å²) >= 11 is 0. The Morgan fingerprint density at radius 3 is 2.42 bits per heavy atom. The van der Waals surface area contributed by atoms with Gasteiger partial charge >= 0.3 is 0 Å². The minimum absolute atomic E-state index is 0.535. The molecule has 0 saturated carbocycles. The van der Waals surface area contributed by atoms with Crippen LogP contribution in [0, 0.1) is 11.3 Å². The Kier molecular flexibility index (Phi) is 2.70. The molecule has 0 aliphatic rings. The predicted molar refractivity (Wildman–Crippen MR) is 76.6 cm³/mol. The van der Waals surface area contributed by atoms with Gasteiger partial charge in [0.2, 0.25) is 0 Å². The highest BCUT2D eigenvalue weighted by atomic mass is 15.0. The Hall–Kier alpha value is -2.73. The average Bonchev–Trinajstić information content (AvgIpc) is 2.73. The molecule has 0 saturated heterocycles. The number of nitrogens with two attached hydrogens (primary N) is 1. The fourth-order valence-corrected chi connectivity index (χ4v) is 2.38. The Bertz CT molecular complexity index is 764. The van der Waals surface area contributed by atoms with Crippen LogP contribution in [0.4, 0.5) is 5.82 Å². The standard InChI is InChI=1S/C16H13N3/c17-10-14-13-8-4-5-9-15(13)19(16(14)18)11-12-6-2-1-3-7-12/h1-9H,11,18H2. The second kappa shape index (κ2) is 4.51. The van der Waals surface area contributed by atoms with Crippen LogP contribution in [0.3, 0.4) is 0 Å². The van der Waals surface area contributed by atoms with E-state index in [1.165, 1.54) is 5.56 Å². The van der Waals surface area contributed by atoms with E-state index in [1.807, 2.05) is 47.0 Å². The molecular weight excluding hydrogens is 234 g/mol. The number of nitrogen functional groups attached to an aromatic ring is 1. The first-order chi connectivity index (χ1) is 9.31. The van der Waals surface area contributed by atoms with Crippen LogP contribution in [0.2, 0.25) is 0 Å². The van der Waals surface area contributed by atoms with Crippen LogP contribution in [0.15, 0.2) is 54.6 Å². The Balaban J connectivity index is 2.19. The van der Waals surface area contributed by atoms with Gasteiger partial charge in [0, 0.05) is 11.9 Å². The van der Waals surface area contributed by atoms with Crippen LogP contribution in [0.25, 0.3) is 10.9 Å². The molecule has 0 unspecified atom stereocenters. The maximum absolute atomic E-state index is 9.25. The molecule has 3 nitrogen and oxygen atoms in total. The van der Waals surface area contributed by atoms with Crippen molar-refractivity contribution in [3.05, 3.63) is 65.7 Å². The summed E-state index contributed by atoms with van der Waals surface area (Å²) < 4.78 is 1.99. The van der Waals surface area contributed by atoms with Crippen molar-refractivity contribution >= 4 is 16.7 Å². The lowest BCUT2D eigenvalue weighted by Gasteiger charge is -2.07. The van der Waals surface area contributed by atoms with E-state index < -0.39 is 0 Å². The number of rotatable bonds is 2. The Labute approximate surface area is 111 Å². The van der Waals surface area contributed by atoms with Crippen molar-refractivity contribution in [2.45, 2.75) is 6.54 Å². The number of nitrogens with zero attached hydrogens (tertiary/aromatic N) is 2. The fraction of sp³-hybridized carbons (Fsp3) is 0.0625. The molecule has 92 valence electrons. The van der Waals surface area contributed by atoms with Gasteiger partial charge in [-0.1, -0.05) is 48.5 Å². The first-order valence-corrected chi connectivity index (χ1v) is 6.12. The third-order valence-corrected chi connectivity index (χ3v) is 3.31. The molecule has 0 radical (unpaired) electrons. The number of hydrogen-bond donors (Lipinski definition) is 1. The maximum atomic E-state index is 9.25. The SMILES string of the molecule is N#Cc1c(N)n(Cc2ccccc2)c2ccccc12. The molecule has 0 aliphatic heterocycles. The fourth-order valence-electron chi connectivity index (χ4n) is 2.38. The third kappa shape index (κ3) is 1.84. The minimum Gasteiger partial charge on any atom is -0.384 e. The molecule has 3 aromatic rings. The highest BCUT2D eigenvalue weighted by Crippen LogP contribution is 2.28. The van der Waals surface area contributed by atoms with E-state index >= 15 is 0 Å². The van der Waals surface area contributed by atoms with Crippen LogP contribution >= 0.6 is 0 Å². The zero-order valence-corrected chi connectivity index (χ0v) is 10.4. The van der Waals surface area contributed by atoms with Crippen LogP contribution in [-0.4, -0.2) is 4.57 Å². The number of para-hydroxylation sites is 1. The van der Waals surface area contributed by atoms with Crippen LogP contribution < -0.4 is 5.73 Å². The summed E-state index contributed by atoms with van der Waals surface area (Å²) in [7, 11) is 0. The summed E-state index contributed by atoms with van der Waals surface area (Å²) in [5.41, 5.74) is 8.84. The van der Waals surface area contributed by atoms with Gasteiger partial charge in [-0.3, -0.25) is 0 Å². The van der Waals surface area contributed by atoms with E-state index in [9.17, 15) is 5.26 Å². The van der Waals surface area contributed by atoms with Crippen LogP contribution in [0.5, 0.6) is 0 Å². The summed E-state index contributed by atoms with van der Waals surface area (Å²) in [6.45, 7) is 0.675. The topological polar surface area (TPSA) is 54.7 Å². The number of nitriles is 1.